The van der Waals surface area contributed by atoms with E-state index in [-0.39, 0.29) is 25.5 Å². The van der Waals surface area contributed by atoms with E-state index < -0.39 is 17.5 Å². The molecule has 0 spiro atoms. The van der Waals surface area contributed by atoms with Crippen LogP contribution in [0, 0.1) is 6.92 Å². The van der Waals surface area contributed by atoms with Gasteiger partial charge < -0.3 is 9.84 Å². The largest absolute Gasteiger partial charge is 1.00 e. The molecule has 0 saturated carbocycles. The Balaban J connectivity index is 0.00000289. The number of aromatic nitrogens is 1. The van der Waals surface area contributed by atoms with Crippen LogP contribution in [-0.2, 0) is 14.3 Å². The fraction of sp³-hybridized carbons (Fsp3) is 0.250. The molecule has 0 amide bonds. The number of nitrogens with zero attached hydrogens (tertiary/aromatic N) is 1. The van der Waals surface area contributed by atoms with Gasteiger partial charge in [-0.1, -0.05) is 5.76 Å². The van der Waals surface area contributed by atoms with E-state index in [9.17, 15) is 14.7 Å². The van der Waals surface area contributed by atoms with Gasteiger partial charge in [-0.2, -0.15) is 0 Å². The summed E-state index contributed by atoms with van der Waals surface area (Å²) in [5.41, 5.74) is 0.989. The van der Waals surface area contributed by atoms with Crippen molar-refractivity contribution in [3.8, 4) is 0 Å². The first-order valence-corrected chi connectivity index (χ1v) is 5.07. The summed E-state index contributed by atoms with van der Waals surface area (Å²) in [5, 5.41) is 11.7. The summed E-state index contributed by atoms with van der Waals surface area (Å²) >= 11 is 0. The molecule has 0 aliphatic heterocycles. The van der Waals surface area contributed by atoms with Crippen molar-refractivity contribution in [1.82, 2.24) is 4.98 Å². The van der Waals surface area contributed by atoms with Crippen LogP contribution in [0.25, 0.3) is 5.76 Å². The van der Waals surface area contributed by atoms with Crippen molar-refractivity contribution in [3.63, 3.8) is 0 Å². The van der Waals surface area contributed by atoms with Gasteiger partial charge in [0, 0.05) is 12.4 Å². The van der Waals surface area contributed by atoms with Crippen LogP contribution < -0.4 is 24.0 Å². The first kappa shape index (κ1) is 16.4. The second-order valence-corrected chi connectivity index (χ2v) is 3.28. The standard InChI is InChI=1S/C12H13NO4.Li/c1-3-17-12(16)11(15)6-10(14)9-7-13-5-4-8(9)2;/h4-7,14H,3H2,1-2H3;/q;+1/p-1/b10-6+;. The van der Waals surface area contributed by atoms with Gasteiger partial charge in [0.1, 0.15) is 0 Å². The first-order valence-electron chi connectivity index (χ1n) is 5.07. The van der Waals surface area contributed by atoms with Crippen LogP contribution >= 0.6 is 0 Å². The Morgan fingerprint density at radius 2 is 2.17 bits per heavy atom. The number of rotatable bonds is 4. The van der Waals surface area contributed by atoms with Crippen LogP contribution in [0.2, 0.25) is 0 Å². The maximum Gasteiger partial charge on any atom is 1.00 e. The Hall–Kier alpha value is -1.57. The molecule has 6 heteroatoms. The average Bonchev–Trinajstić information content (AvgIpc) is 2.29. The van der Waals surface area contributed by atoms with Gasteiger partial charge in [-0.25, -0.2) is 4.79 Å². The SMILES string of the molecule is CCOC(=O)C(=O)/C=C(/[O-])c1cnccc1C.[Li+]. The molecule has 0 atom stereocenters. The zero-order chi connectivity index (χ0) is 12.8. The second-order valence-electron chi connectivity index (χ2n) is 3.28. The molecule has 1 rings (SSSR count). The number of carbonyl (C=O) groups is 2. The maximum absolute atomic E-state index is 11.7. The third-order valence-corrected chi connectivity index (χ3v) is 2.04. The molecule has 1 aromatic heterocycles. The van der Waals surface area contributed by atoms with E-state index in [1.54, 1.807) is 26.1 Å². The summed E-state index contributed by atoms with van der Waals surface area (Å²) in [6, 6.07) is 1.65. The Morgan fingerprint density at radius 3 is 2.72 bits per heavy atom. The van der Waals surface area contributed by atoms with Crippen molar-refractivity contribution >= 4 is 17.5 Å². The van der Waals surface area contributed by atoms with Gasteiger partial charge in [-0.15, -0.1) is 0 Å². The third-order valence-electron chi connectivity index (χ3n) is 2.04. The molecular weight excluding hydrogens is 229 g/mol. The minimum absolute atomic E-state index is 0. The van der Waals surface area contributed by atoms with E-state index in [0.29, 0.717) is 11.1 Å². The molecule has 0 bridgehead atoms. The van der Waals surface area contributed by atoms with Crippen molar-refractivity contribution in [3.05, 3.63) is 35.7 Å². The molecule has 1 heterocycles. The fourth-order valence-electron chi connectivity index (χ4n) is 1.18. The molecule has 1 aromatic rings. The minimum atomic E-state index is -1.03. The molecule has 18 heavy (non-hydrogen) atoms. The van der Waals surface area contributed by atoms with Crippen LogP contribution in [0.4, 0.5) is 0 Å². The Labute approximate surface area is 117 Å². The molecule has 0 N–H and O–H groups in total. The minimum Gasteiger partial charge on any atom is -0.872 e. The quantitative estimate of drug-likeness (QED) is 0.187. The summed E-state index contributed by atoms with van der Waals surface area (Å²) in [5.74, 6) is -2.53. The van der Waals surface area contributed by atoms with Crippen LogP contribution in [0.3, 0.4) is 0 Å². The molecule has 0 radical (unpaired) electrons. The molecule has 0 saturated heterocycles. The zero-order valence-electron chi connectivity index (χ0n) is 10.6. The summed E-state index contributed by atoms with van der Waals surface area (Å²) < 4.78 is 4.48. The maximum atomic E-state index is 11.7. The van der Waals surface area contributed by atoms with Crippen LogP contribution in [0.1, 0.15) is 18.1 Å². The number of ether oxygens (including phenoxy) is 1. The summed E-state index contributed by atoms with van der Waals surface area (Å²) in [4.78, 5) is 26.1. The Kier molecular flexibility index (Phi) is 7.02. The first-order chi connectivity index (χ1) is 8.06. The molecular formula is C12H12LiNO4. The van der Waals surface area contributed by atoms with Crippen molar-refractivity contribution in [2.75, 3.05) is 6.61 Å². The van der Waals surface area contributed by atoms with Gasteiger partial charge >= 0.3 is 24.8 Å². The van der Waals surface area contributed by atoms with E-state index >= 15 is 0 Å². The number of ketones is 1. The van der Waals surface area contributed by atoms with Gasteiger partial charge in [0.2, 0.25) is 0 Å². The summed E-state index contributed by atoms with van der Waals surface area (Å²) in [6.07, 6.45) is 3.62. The van der Waals surface area contributed by atoms with Crippen LogP contribution in [-0.4, -0.2) is 23.3 Å². The van der Waals surface area contributed by atoms with Gasteiger partial charge in [-0.05, 0) is 37.1 Å². The summed E-state index contributed by atoms with van der Waals surface area (Å²) in [7, 11) is 0. The molecule has 90 valence electrons. The van der Waals surface area contributed by atoms with Gasteiger partial charge in [0.05, 0.1) is 6.61 Å². The van der Waals surface area contributed by atoms with Crippen molar-refractivity contribution < 1.29 is 38.3 Å². The van der Waals surface area contributed by atoms with Gasteiger partial charge in [0.25, 0.3) is 5.78 Å². The number of carbonyl (C=O) groups excluding carboxylic acids is 2. The van der Waals surface area contributed by atoms with E-state index in [1.807, 2.05) is 0 Å². The number of esters is 1. The third kappa shape index (κ3) is 4.36. The number of hydrogen-bond donors (Lipinski definition) is 0. The molecule has 0 aliphatic rings. The molecule has 0 unspecified atom stereocenters. The van der Waals surface area contributed by atoms with Crippen LogP contribution in [0.5, 0.6) is 0 Å². The molecule has 0 aromatic carbocycles. The summed E-state index contributed by atoms with van der Waals surface area (Å²) in [6.45, 7) is 3.40. The normalized spacial score (nSPS) is 10.4. The number of aryl methyl sites for hydroxylation is 1. The van der Waals surface area contributed by atoms with E-state index in [2.05, 4.69) is 9.72 Å². The monoisotopic (exact) mass is 241 g/mol. The Bertz CT molecular complexity index is 471. The van der Waals surface area contributed by atoms with Gasteiger partial charge in [-0.3, -0.25) is 9.78 Å². The van der Waals surface area contributed by atoms with Crippen LogP contribution in [0.15, 0.2) is 24.5 Å². The second kappa shape index (κ2) is 7.70. The van der Waals surface area contributed by atoms with E-state index in [4.69, 9.17) is 0 Å². The van der Waals surface area contributed by atoms with Crippen molar-refractivity contribution in [2.45, 2.75) is 13.8 Å². The van der Waals surface area contributed by atoms with E-state index in [0.717, 1.165) is 6.08 Å². The molecule has 0 aliphatic carbocycles. The topological polar surface area (TPSA) is 79.3 Å². The van der Waals surface area contributed by atoms with Crippen molar-refractivity contribution in [2.24, 2.45) is 0 Å². The average molecular weight is 241 g/mol. The smallest absolute Gasteiger partial charge is 0.872 e. The molecule has 0 fully saturated rings. The predicted molar refractivity (Wildman–Crippen MR) is 58.6 cm³/mol. The fourth-order valence-corrected chi connectivity index (χ4v) is 1.18. The van der Waals surface area contributed by atoms with Gasteiger partial charge in [0.15, 0.2) is 0 Å². The number of hydrogen-bond acceptors (Lipinski definition) is 5. The molecule has 5 nitrogen and oxygen atoms in total. The number of pyridine rings is 1. The van der Waals surface area contributed by atoms with E-state index in [1.165, 1.54) is 6.20 Å². The Morgan fingerprint density at radius 1 is 1.50 bits per heavy atom. The predicted octanol–water partition coefficient (Wildman–Crippen LogP) is -2.77. The van der Waals surface area contributed by atoms with Crippen molar-refractivity contribution in [1.29, 1.82) is 0 Å². The zero-order valence-corrected chi connectivity index (χ0v) is 10.6.